The van der Waals surface area contributed by atoms with Crippen molar-refractivity contribution in [3.8, 4) is 0 Å². The fourth-order valence-corrected chi connectivity index (χ4v) is 0.988. The van der Waals surface area contributed by atoms with Crippen LogP contribution in [0.5, 0.6) is 0 Å². The molecule has 1 aromatic rings. The molecule has 0 saturated heterocycles. The highest BCUT2D eigenvalue weighted by Gasteiger charge is 2.21. The summed E-state index contributed by atoms with van der Waals surface area (Å²) < 4.78 is 12.3. The number of aromatic nitrogens is 2. The Morgan fingerprint density at radius 3 is 2.40 bits per heavy atom. The van der Waals surface area contributed by atoms with E-state index in [1.54, 1.807) is 0 Å². The molecule has 82 valence electrons. The Labute approximate surface area is 84.0 Å². The van der Waals surface area contributed by atoms with Crippen LogP contribution in [0, 0.1) is 6.08 Å². The molecule has 0 spiro atoms. The van der Waals surface area contributed by atoms with Gasteiger partial charge in [0.05, 0.1) is 12.5 Å². The fourth-order valence-electron chi connectivity index (χ4n) is 0.988. The lowest BCUT2D eigenvalue weighted by atomic mass is 10.1. The maximum absolute atomic E-state index is 12.3. The molecule has 1 aromatic heterocycles. The maximum atomic E-state index is 12.3. The zero-order valence-corrected chi connectivity index (χ0v) is 7.54. The van der Waals surface area contributed by atoms with Gasteiger partial charge in [0.15, 0.2) is 0 Å². The summed E-state index contributed by atoms with van der Waals surface area (Å²) in [7, 11) is 0. The van der Waals surface area contributed by atoms with Gasteiger partial charge in [-0.3, -0.25) is 4.79 Å². The lowest BCUT2D eigenvalue weighted by Crippen LogP contribution is -2.22. The minimum absolute atomic E-state index is 0.0603. The molecular formula is C8H9FN2O4. The predicted octanol–water partition coefficient (Wildman–Crippen LogP) is -0.515. The first-order valence-corrected chi connectivity index (χ1v) is 4.06. The van der Waals surface area contributed by atoms with Crippen molar-refractivity contribution in [1.29, 1.82) is 0 Å². The van der Waals surface area contributed by atoms with Gasteiger partial charge in [0.25, 0.3) is 0 Å². The Morgan fingerprint density at radius 2 is 1.93 bits per heavy atom. The molecule has 2 atom stereocenters. The van der Waals surface area contributed by atoms with E-state index in [1.807, 2.05) is 0 Å². The summed E-state index contributed by atoms with van der Waals surface area (Å²) in [6.07, 6.45) is -2.52. The minimum Gasteiger partial charge on any atom is -0.481 e. The van der Waals surface area contributed by atoms with Crippen molar-refractivity contribution in [2.75, 3.05) is 0 Å². The van der Waals surface area contributed by atoms with E-state index in [2.05, 4.69) is 9.97 Å². The monoisotopic (exact) mass is 216 g/mol. The molecule has 0 aliphatic heterocycles. The summed E-state index contributed by atoms with van der Waals surface area (Å²) in [6.45, 7) is 0. The van der Waals surface area contributed by atoms with Crippen molar-refractivity contribution in [1.82, 2.24) is 9.97 Å². The molecule has 7 heteroatoms. The van der Waals surface area contributed by atoms with Crippen LogP contribution in [0.3, 0.4) is 0 Å². The molecule has 0 amide bonds. The van der Waals surface area contributed by atoms with Crippen LogP contribution < -0.4 is 0 Å². The molecule has 0 aliphatic rings. The Bertz CT molecular complexity index is 343. The van der Waals surface area contributed by atoms with E-state index in [0.29, 0.717) is 0 Å². The number of carboxylic acids is 1. The van der Waals surface area contributed by atoms with Crippen molar-refractivity contribution in [3.63, 3.8) is 0 Å². The second kappa shape index (κ2) is 4.76. The highest BCUT2D eigenvalue weighted by Crippen LogP contribution is 2.17. The molecule has 1 rings (SSSR count). The molecule has 0 bridgehead atoms. The smallest absolute Gasteiger partial charge is 0.308 e. The van der Waals surface area contributed by atoms with Gasteiger partial charge in [-0.05, 0) is 0 Å². The summed E-state index contributed by atoms with van der Waals surface area (Å²) in [6, 6.07) is 0. The summed E-state index contributed by atoms with van der Waals surface area (Å²) in [5.41, 5.74) is 0.0603. The first-order valence-electron chi connectivity index (χ1n) is 4.06. The average Bonchev–Trinajstić information content (AvgIpc) is 2.17. The number of halogens is 1. The third kappa shape index (κ3) is 3.22. The number of nitrogens with zero attached hydrogens (tertiary/aromatic N) is 2. The number of carbonyl (C=O) groups is 1. The first kappa shape index (κ1) is 11.5. The van der Waals surface area contributed by atoms with Crippen LogP contribution in [0.2, 0.25) is 0 Å². The van der Waals surface area contributed by atoms with E-state index in [0.717, 1.165) is 12.4 Å². The molecule has 6 nitrogen and oxygen atoms in total. The molecule has 2 unspecified atom stereocenters. The zero-order valence-electron chi connectivity index (χ0n) is 7.54. The number of rotatable bonds is 4. The molecule has 0 fully saturated rings. The number of aliphatic hydroxyl groups excluding tert-OH is 2. The molecular weight excluding hydrogens is 207 g/mol. The lowest BCUT2D eigenvalue weighted by molar-refractivity contribution is -0.141. The van der Waals surface area contributed by atoms with Crippen molar-refractivity contribution >= 4 is 5.97 Å². The van der Waals surface area contributed by atoms with Crippen molar-refractivity contribution in [3.05, 3.63) is 24.0 Å². The zero-order chi connectivity index (χ0) is 11.4. The van der Waals surface area contributed by atoms with Gasteiger partial charge in [0, 0.05) is 18.0 Å². The SMILES string of the molecule is O=C(O)CC(O)C(O)c1cnc(F)nc1. The standard InChI is InChI=1S/C8H9FN2O4/c9-8-10-2-4(3-11-8)7(15)5(12)1-6(13)14/h2-3,5,7,12,15H,1H2,(H,13,14). The van der Waals surface area contributed by atoms with E-state index in [9.17, 15) is 19.4 Å². The van der Waals surface area contributed by atoms with Gasteiger partial charge >= 0.3 is 12.0 Å². The van der Waals surface area contributed by atoms with Gasteiger partial charge in [-0.2, -0.15) is 4.39 Å². The largest absolute Gasteiger partial charge is 0.481 e. The number of hydrogen-bond acceptors (Lipinski definition) is 5. The summed E-state index contributed by atoms with van der Waals surface area (Å²) in [4.78, 5) is 16.6. The van der Waals surface area contributed by atoms with Crippen LogP contribution in [-0.4, -0.2) is 37.4 Å². The molecule has 15 heavy (non-hydrogen) atoms. The predicted molar refractivity (Wildman–Crippen MR) is 45.2 cm³/mol. The number of aliphatic hydroxyl groups is 2. The number of aliphatic carboxylic acids is 1. The van der Waals surface area contributed by atoms with Crippen LogP contribution in [0.15, 0.2) is 12.4 Å². The lowest BCUT2D eigenvalue weighted by Gasteiger charge is -2.15. The molecule has 0 radical (unpaired) electrons. The highest BCUT2D eigenvalue weighted by molar-refractivity contribution is 5.67. The van der Waals surface area contributed by atoms with Gasteiger partial charge in [-0.25, -0.2) is 9.97 Å². The highest BCUT2D eigenvalue weighted by atomic mass is 19.1. The van der Waals surface area contributed by atoms with Gasteiger partial charge < -0.3 is 15.3 Å². The summed E-state index contributed by atoms with van der Waals surface area (Å²) >= 11 is 0. The average molecular weight is 216 g/mol. The third-order valence-corrected chi connectivity index (χ3v) is 1.73. The second-order valence-corrected chi connectivity index (χ2v) is 2.90. The molecule has 0 aliphatic carbocycles. The maximum Gasteiger partial charge on any atom is 0.308 e. The van der Waals surface area contributed by atoms with Crippen LogP contribution in [0.4, 0.5) is 4.39 Å². The Hall–Kier alpha value is -1.60. The van der Waals surface area contributed by atoms with Crippen molar-refractivity contribution < 1.29 is 24.5 Å². The van der Waals surface area contributed by atoms with E-state index in [-0.39, 0.29) is 5.56 Å². The quantitative estimate of drug-likeness (QED) is 0.585. The van der Waals surface area contributed by atoms with Gasteiger partial charge in [-0.1, -0.05) is 0 Å². The van der Waals surface area contributed by atoms with Crippen molar-refractivity contribution in [2.24, 2.45) is 0 Å². The van der Waals surface area contributed by atoms with E-state index >= 15 is 0 Å². The number of carboxylic acid groups (broad SMARTS) is 1. The van der Waals surface area contributed by atoms with E-state index < -0.39 is 30.7 Å². The fraction of sp³-hybridized carbons (Fsp3) is 0.375. The van der Waals surface area contributed by atoms with Crippen LogP contribution >= 0.6 is 0 Å². The molecule has 0 saturated carbocycles. The van der Waals surface area contributed by atoms with E-state index in [1.165, 1.54) is 0 Å². The van der Waals surface area contributed by atoms with Crippen LogP contribution in [0.25, 0.3) is 0 Å². The molecule has 3 N–H and O–H groups in total. The number of hydrogen-bond donors (Lipinski definition) is 3. The van der Waals surface area contributed by atoms with Crippen LogP contribution in [0.1, 0.15) is 18.1 Å². The Kier molecular flexibility index (Phi) is 3.64. The topological polar surface area (TPSA) is 104 Å². The van der Waals surface area contributed by atoms with E-state index in [4.69, 9.17) is 5.11 Å². The molecule has 0 aromatic carbocycles. The molecule has 1 heterocycles. The van der Waals surface area contributed by atoms with Gasteiger partial charge in [-0.15, -0.1) is 0 Å². The Balaban J connectivity index is 2.71. The van der Waals surface area contributed by atoms with Crippen molar-refractivity contribution in [2.45, 2.75) is 18.6 Å². The summed E-state index contributed by atoms with van der Waals surface area (Å²) in [5.74, 6) is -1.25. The van der Waals surface area contributed by atoms with Gasteiger partial charge in [0.2, 0.25) is 0 Å². The first-order chi connectivity index (χ1) is 7.00. The minimum atomic E-state index is -1.48. The summed E-state index contributed by atoms with van der Waals surface area (Å²) in [5, 5.41) is 27.0. The normalized spacial score (nSPS) is 14.6. The third-order valence-electron chi connectivity index (χ3n) is 1.73. The second-order valence-electron chi connectivity index (χ2n) is 2.90. The van der Waals surface area contributed by atoms with Crippen LogP contribution in [-0.2, 0) is 4.79 Å². The Morgan fingerprint density at radius 1 is 1.40 bits per heavy atom. The van der Waals surface area contributed by atoms with Gasteiger partial charge in [0.1, 0.15) is 6.10 Å².